The van der Waals surface area contributed by atoms with Crippen LogP contribution in [0.5, 0.6) is 0 Å². The zero-order chi connectivity index (χ0) is 19.2. The van der Waals surface area contributed by atoms with Crippen molar-refractivity contribution in [3.8, 4) is 0 Å². The van der Waals surface area contributed by atoms with Gasteiger partial charge in [-0.3, -0.25) is 9.59 Å². The number of rotatable bonds is 5. The van der Waals surface area contributed by atoms with Crippen molar-refractivity contribution in [2.24, 2.45) is 5.92 Å². The summed E-state index contributed by atoms with van der Waals surface area (Å²) < 4.78 is 0. The summed E-state index contributed by atoms with van der Waals surface area (Å²) in [5, 5.41) is 3.02. The summed E-state index contributed by atoms with van der Waals surface area (Å²) in [5.74, 6) is 0.148. The van der Waals surface area contributed by atoms with Gasteiger partial charge in [0.2, 0.25) is 5.91 Å². The van der Waals surface area contributed by atoms with Gasteiger partial charge in [0.25, 0.3) is 5.91 Å². The van der Waals surface area contributed by atoms with Crippen LogP contribution in [0.3, 0.4) is 0 Å². The van der Waals surface area contributed by atoms with Crippen molar-refractivity contribution in [2.45, 2.75) is 31.2 Å². The maximum atomic E-state index is 12.9. The first-order valence-corrected chi connectivity index (χ1v) is 10.6. The highest BCUT2D eigenvalue weighted by molar-refractivity contribution is 7.98. The van der Waals surface area contributed by atoms with Gasteiger partial charge in [0, 0.05) is 36.0 Å². The van der Waals surface area contributed by atoms with Crippen LogP contribution in [-0.4, -0.2) is 36.1 Å². The van der Waals surface area contributed by atoms with E-state index in [2.05, 4.69) is 5.32 Å². The van der Waals surface area contributed by atoms with E-state index in [0.29, 0.717) is 32.5 Å². The van der Waals surface area contributed by atoms with Crippen molar-refractivity contribution in [3.05, 3.63) is 65.2 Å². The molecule has 0 saturated carbocycles. The van der Waals surface area contributed by atoms with Gasteiger partial charge in [-0.05, 0) is 49.3 Å². The molecule has 0 aliphatic carbocycles. The Bertz CT molecular complexity index is 799. The molecule has 4 nitrogen and oxygen atoms in total. The first kappa shape index (κ1) is 19.5. The second kappa shape index (κ2) is 9.09. The van der Waals surface area contributed by atoms with E-state index in [4.69, 9.17) is 0 Å². The average Bonchev–Trinajstić information content (AvgIpc) is 2.73. The molecule has 2 aromatic carbocycles. The van der Waals surface area contributed by atoms with Gasteiger partial charge >= 0.3 is 0 Å². The van der Waals surface area contributed by atoms with Crippen LogP contribution in [0.15, 0.2) is 53.4 Å². The van der Waals surface area contributed by atoms with Gasteiger partial charge in [-0.25, -0.2) is 0 Å². The van der Waals surface area contributed by atoms with E-state index in [1.807, 2.05) is 66.6 Å². The molecule has 3 rings (SSSR count). The molecule has 142 valence electrons. The largest absolute Gasteiger partial charge is 0.352 e. The zero-order valence-corrected chi connectivity index (χ0v) is 16.7. The summed E-state index contributed by atoms with van der Waals surface area (Å²) in [6.45, 7) is 3.79. The van der Waals surface area contributed by atoms with Crippen molar-refractivity contribution in [2.75, 3.05) is 19.3 Å². The minimum Gasteiger partial charge on any atom is -0.352 e. The number of carbonyl (C=O) groups is 2. The summed E-state index contributed by atoms with van der Waals surface area (Å²) in [6, 6.07) is 15.9. The normalized spacial score (nSPS) is 14.8. The molecule has 0 aromatic heterocycles. The van der Waals surface area contributed by atoms with Crippen molar-refractivity contribution >= 4 is 23.6 Å². The second-order valence-electron chi connectivity index (χ2n) is 6.95. The topological polar surface area (TPSA) is 49.4 Å². The molecule has 1 saturated heterocycles. The number of nitrogens with zero attached hydrogens (tertiary/aromatic N) is 1. The molecule has 0 atom stereocenters. The Labute approximate surface area is 165 Å². The fourth-order valence-electron chi connectivity index (χ4n) is 3.40. The maximum Gasteiger partial charge on any atom is 0.254 e. The van der Waals surface area contributed by atoms with Crippen molar-refractivity contribution in [3.63, 3.8) is 0 Å². The predicted octanol–water partition coefficient (Wildman–Crippen LogP) is 3.89. The summed E-state index contributed by atoms with van der Waals surface area (Å²) in [5.41, 5.74) is 2.87. The standard InChI is InChI=1S/C22H26N2O2S/c1-16-8-9-19(27-2)14-20(16)22(26)24-12-10-18(11-13-24)21(25)23-15-17-6-4-3-5-7-17/h3-9,14,18H,10-13,15H2,1-2H3,(H,23,25). The highest BCUT2D eigenvalue weighted by Gasteiger charge is 2.28. The number of amides is 2. The molecule has 0 radical (unpaired) electrons. The molecule has 0 unspecified atom stereocenters. The maximum absolute atomic E-state index is 12.9. The smallest absolute Gasteiger partial charge is 0.254 e. The van der Waals surface area contributed by atoms with Crippen LogP contribution in [-0.2, 0) is 11.3 Å². The van der Waals surface area contributed by atoms with E-state index in [1.54, 1.807) is 11.8 Å². The lowest BCUT2D eigenvalue weighted by molar-refractivity contribution is -0.126. The first-order valence-electron chi connectivity index (χ1n) is 9.34. The number of hydrogen-bond donors (Lipinski definition) is 1. The Morgan fingerprint density at radius 2 is 1.81 bits per heavy atom. The van der Waals surface area contributed by atoms with Crippen molar-refractivity contribution in [1.29, 1.82) is 0 Å². The number of piperidine rings is 1. The monoisotopic (exact) mass is 382 g/mol. The second-order valence-corrected chi connectivity index (χ2v) is 7.83. The molecular weight excluding hydrogens is 356 g/mol. The fraction of sp³-hybridized carbons (Fsp3) is 0.364. The molecule has 1 aliphatic heterocycles. The van der Waals surface area contributed by atoms with Crippen LogP contribution >= 0.6 is 11.8 Å². The van der Waals surface area contributed by atoms with E-state index in [1.165, 1.54) is 0 Å². The molecule has 1 N–H and O–H groups in total. The van der Waals surface area contributed by atoms with Gasteiger partial charge in [-0.2, -0.15) is 0 Å². The van der Waals surface area contributed by atoms with E-state index < -0.39 is 0 Å². The highest BCUT2D eigenvalue weighted by Crippen LogP contribution is 2.23. The van der Waals surface area contributed by atoms with Gasteiger partial charge < -0.3 is 10.2 Å². The van der Waals surface area contributed by atoms with E-state index in [9.17, 15) is 9.59 Å². The average molecular weight is 383 g/mol. The molecular formula is C22H26N2O2S. The Kier molecular flexibility index (Phi) is 6.56. The zero-order valence-electron chi connectivity index (χ0n) is 15.9. The molecule has 27 heavy (non-hydrogen) atoms. The minimum atomic E-state index is -0.0172. The molecule has 0 spiro atoms. The quantitative estimate of drug-likeness (QED) is 0.798. The van der Waals surface area contributed by atoms with Gasteiger partial charge in [0.15, 0.2) is 0 Å². The number of hydrogen-bond acceptors (Lipinski definition) is 3. The lowest BCUT2D eigenvalue weighted by Gasteiger charge is -2.31. The number of carbonyl (C=O) groups excluding carboxylic acids is 2. The third-order valence-electron chi connectivity index (χ3n) is 5.14. The molecule has 1 heterocycles. The lowest BCUT2D eigenvalue weighted by atomic mass is 9.95. The van der Waals surface area contributed by atoms with Crippen molar-refractivity contribution < 1.29 is 9.59 Å². The Hall–Kier alpha value is -2.27. The van der Waals surface area contributed by atoms with Crippen LogP contribution in [0.25, 0.3) is 0 Å². The van der Waals surface area contributed by atoms with E-state index >= 15 is 0 Å². The summed E-state index contributed by atoms with van der Waals surface area (Å²) in [7, 11) is 0. The number of nitrogens with one attached hydrogen (secondary N) is 1. The van der Waals surface area contributed by atoms with Crippen LogP contribution < -0.4 is 5.32 Å². The Morgan fingerprint density at radius 3 is 2.48 bits per heavy atom. The third-order valence-corrected chi connectivity index (χ3v) is 5.86. The van der Waals surface area contributed by atoms with E-state index in [-0.39, 0.29) is 17.7 Å². The van der Waals surface area contributed by atoms with Gasteiger partial charge in [0.05, 0.1) is 0 Å². The number of benzene rings is 2. The van der Waals surface area contributed by atoms with Gasteiger partial charge in [-0.15, -0.1) is 11.8 Å². The fourth-order valence-corrected chi connectivity index (χ4v) is 3.84. The van der Waals surface area contributed by atoms with Gasteiger partial charge in [-0.1, -0.05) is 36.4 Å². The van der Waals surface area contributed by atoms with Crippen LogP contribution in [0.1, 0.15) is 34.3 Å². The van der Waals surface area contributed by atoms with E-state index in [0.717, 1.165) is 21.6 Å². The lowest BCUT2D eigenvalue weighted by Crippen LogP contribution is -2.43. The number of aryl methyl sites for hydroxylation is 1. The minimum absolute atomic E-state index is 0.0172. The van der Waals surface area contributed by atoms with Crippen LogP contribution in [0.4, 0.5) is 0 Å². The Morgan fingerprint density at radius 1 is 1.11 bits per heavy atom. The van der Waals surface area contributed by atoms with Crippen LogP contribution in [0.2, 0.25) is 0 Å². The molecule has 1 aliphatic rings. The molecule has 1 fully saturated rings. The summed E-state index contributed by atoms with van der Waals surface area (Å²) in [6.07, 6.45) is 3.44. The first-order chi connectivity index (χ1) is 13.1. The molecule has 2 aromatic rings. The summed E-state index contributed by atoms with van der Waals surface area (Å²) in [4.78, 5) is 28.3. The van der Waals surface area contributed by atoms with Crippen molar-refractivity contribution in [1.82, 2.24) is 10.2 Å². The predicted molar refractivity (Wildman–Crippen MR) is 110 cm³/mol. The highest BCUT2D eigenvalue weighted by atomic mass is 32.2. The molecule has 5 heteroatoms. The number of likely N-dealkylation sites (tertiary alicyclic amines) is 1. The molecule has 0 bridgehead atoms. The SMILES string of the molecule is CSc1ccc(C)c(C(=O)N2CCC(C(=O)NCc3ccccc3)CC2)c1. The summed E-state index contributed by atoms with van der Waals surface area (Å²) >= 11 is 1.64. The molecule has 2 amide bonds. The van der Waals surface area contributed by atoms with Gasteiger partial charge in [0.1, 0.15) is 0 Å². The third kappa shape index (κ3) is 4.92. The van der Waals surface area contributed by atoms with Crippen LogP contribution in [0, 0.1) is 12.8 Å². The number of thioether (sulfide) groups is 1. The Balaban J connectivity index is 1.54.